The summed E-state index contributed by atoms with van der Waals surface area (Å²) >= 11 is 0. The third-order valence-electron chi connectivity index (χ3n) is 5.12. The average molecular weight is 350 g/mol. The van der Waals surface area contributed by atoms with Crippen LogP contribution in [0.5, 0.6) is 5.75 Å². The van der Waals surface area contributed by atoms with E-state index in [0.29, 0.717) is 38.2 Å². The number of amides is 2. The third kappa shape index (κ3) is 3.33. The van der Waals surface area contributed by atoms with Crippen LogP contribution in [0.1, 0.15) is 24.8 Å². The van der Waals surface area contributed by atoms with Crippen LogP contribution in [0.3, 0.4) is 0 Å². The molecule has 2 heterocycles. The lowest BCUT2D eigenvalue weighted by molar-refractivity contribution is -0.130. The molecule has 1 atom stereocenters. The number of nitrogens with one attached hydrogen (secondary N) is 1. The minimum Gasteiger partial charge on any atom is -0.494 e. The van der Waals surface area contributed by atoms with Crippen molar-refractivity contribution in [3.05, 3.63) is 29.6 Å². The SMILES string of the molecule is COc1cccc(C2(NC(=O)C3CC(=O)N(C)C3)CCOCC2)c1F. The van der Waals surface area contributed by atoms with E-state index < -0.39 is 17.3 Å². The predicted molar refractivity (Wildman–Crippen MR) is 88.6 cm³/mol. The fourth-order valence-electron chi connectivity index (χ4n) is 3.60. The first kappa shape index (κ1) is 17.7. The van der Waals surface area contributed by atoms with Crippen LogP contribution >= 0.6 is 0 Å². The zero-order chi connectivity index (χ0) is 18.0. The lowest BCUT2D eigenvalue weighted by atomic mass is 9.81. The maximum absolute atomic E-state index is 14.9. The van der Waals surface area contributed by atoms with Gasteiger partial charge in [0.2, 0.25) is 11.8 Å². The summed E-state index contributed by atoms with van der Waals surface area (Å²) in [6.07, 6.45) is 1.13. The van der Waals surface area contributed by atoms with Gasteiger partial charge in [-0.1, -0.05) is 12.1 Å². The first-order valence-corrected chi connectivity index (χ1v) is 8.43. The molecule has 0 aromatic heterocycles. The number of likely N-dealkylation sites (tertiary alicyclic amines) is 1. The molecule has 25 heavy (non-hydrogen) atoms. The van der Waals surface area contributed by atoms with Crippen molar-refractivity contribution >= 4 is 11.8 Å². The lowest BCUT2D eigenvalue weighted by Gasteiger charge is -2.39. The quantitative estimate of drug-likeness (QED) is 0.892. The lowest BCUT2D eigenvalue weighted by Crippen LogP contribution is -2.52. The summed E-state index contributed by atoms with van der Waals surface area (Å²) in [4.78, 5) is 26.0. The van der Waals surface area contributed by atoms with Crippen LogP contribution in [0.25, 0.3) is 0 Å². The number of ether oxygens (including phenoxy) is 2. The summed E-state index contributed by atoms with van der Waals surface area (Å²) in [6.45, 7) is 1.25. The van der Waals surface area contributed by atoms with Gasteiger partial charge in [-0.05, 0) is 18.9 Å². The van der Waals surface area contributed by atoms with Crippen LogP contribution in [0.2, 0.25) is 0 Å². The van der Waals surface area contributed by atoms with Crippen LogP contribution in [0, 0.1) is 11.7 Å². The molecule has 1 aromatic carbocycles. The number of hydrogen-bond acceptors (Lipinski definition) is 4. The molecule has 0 saturated carbocycles. The molecule has 2 aliphatic rings. The molecular formula is C18H23FN2O4. The summed E-state index contributed by atoms with van der Waals surface area (Å²) in [5.41, 5.74) is -0.445. The monoisotopic (exact) mass is 350 g/mol. The second-order valence-corrected chi connectivity index (χ2v) is 6.68. The van der Waals surface area contributed by atoms with E-state index in [1.165, 1.54) is 7.11 Å². The first-order valence-electron chi connectivity index (χ1n) is 8.43. The minimum absolute atomic E-state index is 0.0475. The zero-order valence-electron chi connectivity index (χ0n) is 14.5. The second kappa shape index (κ2) is 7.00. The van der Waals surface area contributed by atoms with Crippen molar-refractivity contribution in [2.45, 2.75) is 24.8 Å². The molecule has 2 fully saturated rings. The maximum Gasteiger partial charge on any atom is 0.226 e. The number of benzene rings is 1. The molecule has 0 spiro atoms. The second-order valence-electron chi connectivity index (χ2n) is 6.68. The van der Waals surface area contributed by atoms with E-state index in [0.717, 1.165) is 0 Å². The molecule has 2 saturated heterocycles. The summed E-state index contributed by atoms with van der Waals surface area (Å²) in [5.74, 6) is -0.998. The van der Waals surface area contributed by atoms with E-state index in [-0.39, 0.29) is 24.0 Å². The van der Waals surface area contributed by atoms with Gasteiger partial charge in [-0.15, -0.1) is 0 Å². The van der Waals surface area contributed by atoms with Crippen LogP contribution in [0.4, 0.5) is 4.39 Å². The van der Waals surface area contributed by atoms with E-state index >= 15 is 0 Å². The Bertz CT molecular complexity index is 673. The summed E-state index contributed by atoms with van der Waals surface area (Å²) in [7, 11) is 3.10. The highest BCUT2D eigenvalue weighted by atomic mass is 19.1. The normalized spacial score (nSPS) is 22.8. The number of hydrogen-bond donors (Lipinski definition) is 1. The molecular weight excluding hydrogens is 327 g/mol. The van der Waals surface area contributed by atoms with Crippen molar-refractivity contribution in [3.63, 3.8) is 0 Å². The molecule has 6 nitrogen and oxygen atoms in total. The number of halogens is 1. The van der Waals surface area contributed by atoms with E-state index in [9.17, 15) is 14.0 Å². The van der Waals surface area contributed by atoms with Crippen molar-refractivity contribution < 1.29 is 23.5 Å². The van der Waals surface area contributed by atoms with Crippen molar-refractivity contribution in [2.24, 2.45) is 5.92 Å². The largest absolute Gasteiger partial charge is 0.494 e. The Labute approximate surface area is 146 Å². The van der Waals surface area contributed by atoms with Crippen molar-refractivity contribution in [1.29, 1.82) is 0 Å². The van der Waals surface area contributed by atoms with Gasteiger partial charge in [0.05, 0.1) is 18.6 Å². The molecule has 3 rings (SSSR count). The number of methoxy groups -OCH3 is 1. The summed E-state index contributed by atoms with van der Waals surface area (Å²) in [6, 6.07) is 4.95. The minimum atomic E-state index is -0.849. The standard InChI is InChI=1S/C18H23FN2O4/c1-21-11-12(10-15(21)22)17(23)20-18(6-8-25-9-7-18)13-4-3-5-14(24-2)16(13)19/h3-5,12H,6-11H2,1-2H3,(H,20,23). The van der Waals surface area contributed by atoms with E-state index in [1.54, 1.807) is 30.1 Å². The number of carbonyl (C=O) groups is 2. The van der Waals surface area contributed by atoms with Gasteiger partial charge in [0.25, 0.3) is 0 Å². The molecule has 1 unspecified atom stereocenters. The molecule has 136 valence electrons. The fourth-order valence-corrected chi connectivity index (χ4v) is 3.60. The first-order chi connectivity index (χ1) is 12.0. The highest BCUT2D eigenvalue weighted by molar-refractivity contribution is 5.89. The number of carbonyl (C=O) groups excluding carboxylic acids is 2. The van der Waals surface area contributed by atoms with E-state index in [1.807, 2.05) is 0 Å². The van der Waals surface area contributed by atoms with Gasteiger partial charge < -0.3 is 19.7 Å². The Morgan fingerprint density at radius 1 is 1.40 bits per heavy atom. The Hall–Kier alpha value is -2.15. The molecule has 1 N–H and O–H groups in total. The van der Waals surface area contributed by atoms with Crippen molar-refractivity contribution in [1.82, 2.24) is 10.2 Å². The predicted octanol–water partition coefficient (Wildman–Crippen LogP) is 1.43. The van der Waals surface area contributed by atoms with Crippen LogP contribution in [-0.2, 0) is 19.9 Å². The Morgan fingerprint density at radius 3 is 2.72 bits per heavy atom. The van der Waals surface area contributed by atoms with Gasteiger partial charge in [-0.3, -0.25) is 9.59 Å². The molecule has 2 amide bonds. The van der Waals surface area contributed by atoms with Gasteiger partial charge >= 0.3 is 0 Å². The average Bonchev–Trinajstić information content (AvgIpc) is 2.95. The molecule has 2 aliphatic heterocycles. The Kier molecular flexibility index (Phi) is 4.94. The van der Waals surface area contributed by atoms with Crippen molar-refractivity contribution in [2.75, 3.05) is 33.9 Å². The smallest absolute Gasteiger partial charge is 0.226 e. The number of nitrogens with zero attached hydrogens (tertiary/aromatic N) is 1. The molecule has 1 aromatic rings. The highest BCUT2D eigenvalue weighted by Crippen LogP contribution is 2.37. The number of rotatable bonds is 4. The maximum atomic E-state index is 14.9. The Balaban J connectivity index is 1.89. The van der Waals surface area contributed by atoms with Gasteiger partial charge in [0.15, 0.2) is 11.6 Å². The third-order valence-corrected chi connectivity index (χ3v) is 5.12. The van der Waals surface area contributed by atoms with Crippen LogP contribution < -0.4 is 10.1 Å². The van der Waals surface area contributed by atoms with Gasteiger partial charge in [-0.25, -0.2) is 4.39 Å². The fraction of sp³-hybridized carbons (Fsp3) is 0.556. The highest BCUT2D eigenvalue weighted by Gasteiger charge is 2.42. The van der Waals surface area contributed by atoms with E-state index in [4.69, 9.17) is 9.47 Å². The van der Waals surface area contributed by atoms with Crippen LogP contribution in [-0.4, -0.2) is 50.6 Å². The van der Waals surface area contributed by atoms with Crippen molar-refractivity contribution in [3.8, 4) is 5.75 Å². The van der Waals surface area contributed by atoms with Gasteiger partial charge in [-0.2, -0.15) is 0 Å². The summed E-state index contributed by atoms with van der Waals surface area (Å²) < 4.78 is 25.4. The summed E-state index contributed by atoms with van der Waals surface area (Å²) in [5, 5.41) is 3.03. The molecule has 7 heteroatoms. The molecule has 0 bridgehead atoms. The van der Waals surface area contributed by atoms with Gasteiger partial charge in [0.1, 0.15) is 0 Å². The van der Waals surface area contributed by atoms with E-state index in [2.05, 4.69) is 5.32 Å². The molecule has 0 aliphatic carbocycles. The Morgan fingerprint density at radius 2 is 2.12 bits per heavy atom. The molecule has 0 radical (unpaired) electrons. The zero-order valence-corrected chi connectivity index (χ0v) is 14.5. The van der Waals surface area contributed by atoms with Crippen LogP contribution in [0.15, 0.2) is 18.2 Å². The topological polar surface area (TPSA) is 67.9 Å². The van der Waals surface area contributed by atoms with Gasteiger partial charge in [0, 0.05) is 38.8 Å².